The van der Waals surface area contributed by atoms with Gasteiger partial charge >= 0.3 is 0 Å². The average Bonchev–Trinajstić information content (AvgIpc) is 2.75. The Bertz CT molecular complexity index is 1050. The van der Waals surface area contributed by atoms with Gasteiger partial charge in [-0.15, -0.1) is 0 Å². The lowest BCUT2D eigenvalue weighted by Gasteiger charge is -2.13. The lowest BCUT2D eigenvalue weighted by Crippen LogP contribution is -2.25. The zero-order valence-corrected chi connectivity index (χ0v) is 19.1. The van der Waals surface area contributed by atoms with Gasteiger partial charge in [0.2, 0.25) is 0 Å². The van der Waals surface area contributed by atoms with Crippen LogP contribution < -0.4 is 20.2 Å². The maximum absolute atomic E-state index is 12.2. The van der Waals surface area contributed by atoms with Crippen LogP contribution in [0.3, 0.4) is 0 Å². The molecule has 3 aromatic carbocycles. The van der Waals surface area contributed by atoms with Crippen molar-refractivity contribution in [2.75, 3.05) is 25.1 Å². The number of hydrazone groups is 1. The number of hydrogen-bond acceptors (Lipinski definition) is 5. The first kappa shape index (κ1) is 21.9. The summed E-state index contributed by atoms with van der Waals surface area (Å²) in [6.45, 7) is 5.07. The van der Waals surface area contributed by atoms with Gasteiger partial charge in [0, 0.05) is 11.1 Å². The molecule has 1 amide bonds. The van der Waals surface area contributed by atoms with E-state index in [0.29, 0.717) is 19.0 Å². The first-order chi connectivity index (χ1) is 14.6. The Balaban J connectivity index is 1.61. The predicted octanol–water partition coefficient (Wildman–Crippen LogP) is 4.80. The summed E-state index contributed by atoms with van der Waals surface area (Å²) in [6.07, 6.45) is 1.59. The summed E-state index contributed by atoms with van der Waals surface area (Å²) >= 11 is 2.20. The molecule has 0 bridgehead atoms. The maximum Gasteiger partial charge on any atom is 0.259 e. The molecule has 6 nitrogen and oxygen atoms in total. The van der Waals surface area contributed by atoms with Gasteiger partial charge in [-0.05, 0) is 65.6 Å². The molecule has 0 aliphatic carbocycles. The molecule has 156 valence electrons. The molecule has 0 radical (unpaired) electrons. The molecule has 0 aliphatic heterocycles. The number of ether oxygens (including phenoxy) is 2. The van der Waals surface area contributed by atoms with Crippen LogP contribution in [-0.2, 0) is 4.79 Å². The van der Waals surface area contributed by atoms with E-state index in [1.54, 1.807) is 6.21 Å². The van der Waals surface area contributed by atoms with E-state index in [1.165, 1.54) is 0 Å². The van der Waals surface area contributed by atoms with Crippen molar-refractivity contribution in [2.24, 2.45) is 5.10 Å². The number of hydrogen-bond donors (Lipinski definition) is 2. The van der Waals surface area contributed by atoms with Crippen LogP contribution in [0.25, 0.3) is 10.8 Å². The molecule has 7 heteroatoms. The third-order valence-electron chi connectivity index (χ3n) is 4.25. The molecule has 0 unspecified atom stereocenters. The van der Waals surface area contributed by atoms with E-state index in [1.807, 2.05) is 68.4 Å². The van der Waals surface area contributed by atoms with Crippen LogP contribution in [0.5, 0.6) is 11.5 Å². The van der Waals surface area contributed by atoms with Crippen molar-refractivity contribution in [3.63, 3.8) is 0 Å². The van der Waals surface area contributed by atoms with Crippen LogP contribution in [0.15, 0.2) is 59.7 Å². The third kappa shape index (κ3) is 5.63. The van der Waals surface area contributed by atoms with Crippen molar-refractivity contribution in [3.05, 3.63) is 63.7 Å². The van der Waals surface area contributed by atoms with Gasteiger partial charge in [-0.3, -0.25) is 4.79 Å². The van der Waals surface area contributed by atoms with E-state index in [-0.39, 0.29) is 12.5 Å². The fourth-order valence-electron chi connectivity index (χ4n) is 2.98. The highest BCUT2D eigenvalue weighted by molar-refractivity contribution is 14.1. The number of halogens is 1. The summed E-state index contributed by atoms with van der Waals surface area (Å²) in [5, 5.41) is 9.43. The fraction of sp³-hybridized carbons (Fsp3) is 0.217. The van der Waals surface area contributed by atoms with Gasteiger partial charge in [0.25, 0.3) is 5.91 Å². The molecule has 0 heterocycles. The lowest BCUT2D eigenvalue weighted by molar-refractivity contribution is -0.119. The summed E-state index contributed by atoms with van der Waals surface area (Å²) in [5.74, 6) is 1.15. The fourth-order valence-corrected chi connectivity index (χ4v) is 3.76. The van der Waals surface area contributed by atoms with E-state index in [9.17, 15) is 4.79 Å². The van der Waals surface area contributed by atoms with Crippen LogP contribution in [0.2, 0.25) is 0 Å². The Hall–Kier alpha value is -2.81. The highest BCUT2D eigenvalue weighted by Crippen LogP contribution is 2.33. The molecule has 3 rings (SSSR count). The number of fused-ring (bicyclic) bond motifs is 1. The molecule has 0 atom stereocenters. The number of anilines is 1. The normalized spacial score (nSPS) is 10.9. The van der Waals surface area contributed by atoms with Crippen molar-refractivity contribution < 1.29 is 14.3 Å². The second-order valence-electron chi connectivity index (χ2n) is 6.37. The molecular weight excluding hydrogens is 493 g/mol. The number of carbonyl (C=O) groups is 1. The van der Waals surface area contributed by atoms with Gasteiger partial charge in [-0.2, -0.15) is 5.10 Å². The second-order valence-corrected chi connectivity index (χ2v) is 7.53. The average molecular weight is 517 g/mol. The van der Waals surface area contributed by atoms with Gasteiger partial charge in [0.1, 0.15) is 0 Å². The van der Waals surface area contributed by atoms with Gasteiger partial charge in [0.05, 0.1) is 29.5 Å². The van der Waals surface area contributed by atoms with Gasteiger partial charge in [-0.1, -0.05) is 36.4 Å². The van der Waals surface area contributed by atoms with E-state index >= 15 is 0 Å². The topological polar surface area (TPSA) is 72.0 Å². The minimum Gasteiger partial charge on any atom is -0.490 e. The van der Waals surface area contributed by atoms with Crippen molar-refractivity contribution in [1.82, 2.24) is 5.43 Å². The van der Waals surface area contributed by atoms with Crippen molar-refractivity contribution in [1.29, 1.82) is 0 Å². The molecule has 0 spiro atoms. The summed E-state index contributed by atoms with van der Waals surface area (Å²) in [7, 11) is 0. The SMILES string of the molecule is CCOc1cc(/C=N\NC(=O)CNc2cccc3ccccc23)cc(I)c1OCC. The molecule has 0 aliphatic rings. The van der Waals surface area contributed by atoms with E-state index < -0.39 is 0 Å². The Labute approximate surface area is 189 Å². The molecule has 2 N–H and O–H groups in total. The number of benzene rings is 3. The smallest absolute Gasteiger partial charge is 0.259 e. The zero-order valence-electron chi connectivity index (χ0n) is 16.9. The highest BCUT2D eigenvalue weighted by Gasteiger charge is 2.11. The third-order valence-corrected chi connectivity index (χ3v) is 5.05. The summed E-state index contributed by atoms with van der Waals surface area (Å²) in [5.41, 5.74) is 4.28. The molecule has 0 fully saturated rings. The number of carbonyl (C=O) groups excluding carboxylic acids is 1. The Kier molecular flexibility index (Phi) is 7.89. The van der Waals surface area contributed by atoms with Crippen molar-refractivity contribution in [3.8, 4) is 11.5 Å². The van der Waals surface area contributed by atoms with Gasteiger partial charge in [0.15, 0.2) is 11.5 Å². The van der Waals surface area contributed by atoms with Crippen molar-refractivity contribution in [2.45, 2.75) is 13.8 Å². The van der Waals surface area contributed by atoms with Gasteiger partial charge < -0.3 is 14.8 Å². The van der Waals surface area contributed by atoms with Crippen LogP contribution in [0.1, 0.15) is 19.4 Å². The molecule has 0 saturated heterocycles. The Morgan fingerprint density at radius 2 is 1.83 bits per heavy atom. The maximum atomic E-state index is 12.2. The quantitative estimate of drug-likeness (QED) is 0.243. The number of nitrogens with one attached hydrogen (secondary N) is 2. The van der Waals surface area contributed by atoms with Crippen LogP contribution >= 0.6 is 22.6 Å². The first-order valence-corrected chi connectivity index (χ1v) is 10.8. The lowest BCUT2D eigenvalue weighted by atomic mass is 10.1. The molecule has 30 heavy (non-hydrogen) atoms. The minimum atomic E-state index is -0.232. The number of nitrogens with zero attached hydrogens (tertiary/aromatic N) is 1. The Morgan fingerprint density at radius 1 is 1.07 bits per heavy atom. The molecular formula is C23H24IN3O3. The van der Waals surface area contributed by atoms with Crippen LogP contribution in [-0.4, -0.2) is 31.9 Å². The second kappa shape index (κ2) is 10.8. The highest BCUT2D eigenvalue weighted by atomic mass is 127. The first-order valence-electron chi connectivity index (χ1n) is 9.75. The van der Waals surface area contributed by atoms with Crippen LogP contribution in [0, 0.1) is 3.57 Å². The van der Waals surface area contributed by atoms with Crippen LogP contribution in [0.4, 0.5) is 5.69 Å². The monoisotopic (exact) mass is 517 g/mol. The van der Waals surface area contributed by atoms with E-state index in [0.717, 1.165) is 31.3 Å². The minimum absolute atomic E-state index is 0.121. The standard InChI is InChI=1S/C23H24IN3O3/c1-3-29-21-13-16(12-19(24)23(21)30-4-2)14-26-27-22(28)15-25-20-11-7-9-17-8-5-6-10-18(17)20/h5-14,25H,3-4,15H2,1-2H3,(H,27,28)/b26-14-. The zero-order chi connectivity index (χ0) is 21.3. The molecule has 3 aromatic rings. The molecule has 0 saturated carbocycles. The summed E-state index contributed by atoms with van der Waals surface area (Å²) in [6, 6.07) is 17.8. The van der Waals surface area contributed by atoms with Gasteiger partial charge in [-0.25, -0.2) is 5.43 Å². The summed E-state index contributed by atoms with van der Waals surface area (Å²) in [4.78, 5) is 12.2. The van der Waals surface area contributed by atoms with E-state index in [2.05, 4.69) is 38.4 Å². The largest absolute Gasteiger partial charge is 0.490 e. The summed E-state index contributed by atoms with van der Waals surface area (Å²) < 4.78 is 12.3. The number of amides is 1. The predicted molar refractivity (Wildman–Crippen MR) is 130 cm³/mol. The number of rotatable bonds is 9. The van der Waals surface area contributed by atoms with E-state index in [4.69, 9.17) is 9.47 Å². The molecule has 0 aromatic heterocycles. The Morgan fingerprint density at radius 3 is 2.63 bits per heavy atom. The van der Waals surface area contributed by atoms with Crippen molar-refractivity contribution >= 4 is 51.2 Å².